The molecule has 2 atom stereocenters. The largest absolute Gasteiger partial charge is 0.493 e. The molecule has 4 N–H and O–H groups in total. The van der Waals surface area contributed by atoms with Crippen molar-refractivity contribution in [2.75, 3.05) is 146 Å². The molecule has 0 amide bonds. The summed E-state index contributed by atoms with van der Waals surface area (Å²) in [5.41, 5.74) is 14.8. The highest BCUT2D eigenvalue weighted by Gasteiger charge is 2.23. The minimum Gasteiger partial charge on any atom is -0.493 e. The van der Waals surface area contributed by atoms with Gasteiger partial charge in [-0.05, 0) is 154 Å². The van der Waals surface area contributed by atoms with Gasteiger partial charge < -0.3 is 55.2 Å². The molecule has 0 spiro atoms. The van der Waals surface area contributed by atoms with Gasteiger partial charge in [-0.2, -0.15) is 10.2 Å². The van der Waals surface area contributed by atoms with Crippen LogP contribution in [0.4, 0.5) is 31.5 Å². The smallest absolute Gasteiger partial charge is 0.258 e. The first-order valence-electron chi connectivity index (χ1n) is 41.6. The normalized spacial score (nSPS) is 16.1. The maximum Gasteiger partial charge on any atom is 0.258 e. The number of hydrogen-bond acceptors (Lipinski definition) is 23. The Morgan fingerprint density at radius 1 is 0.373 bits per heavy atom. The summed E-state index contributed by atoms with van der Waals surface area (Å²) in [7, 11) is 8.98. The summed E-state index contributed by atoms with van der Waals surface area (Å²) in [5.74, 6) is 0.322. The van der Waals surface area contributed by atoms with E-state index >= 15 is 0 Å². The molecule has 30 nitrogen and oxygen atoms in total. The molecule has 17 heterocycles. The number of piperazine rings is 4. The van der Waals surface area contributed by atoms with Crippen LogP contribution in [0.25, 0.3) is 90.1 Å². The predicted molar refractivity (Wildman–Crippen MR) is 491 cm³/mol. The van der Waals surface area contributed by atoms with E-state index in [0.29, 0.717) is 91.4 Å². The summed E-state index contributed by atoms with van der Waals surface area (Å²) < 4.78 is 49.1. The maximum atomic E-state index is 13.6. The second-order valence-corrected chi connectivity index (χ2v) is 32.4. The molecule has 34 heteroatoms. The number of pyridine rings is 5. The summed E-state index contributed by atoms with van der Waals surface area (Å²) in [6.45, 7) is 19.2. The molecule has 12 aromatic heterocycles. The highest BCUT2D eigenvalue weighted by atomic mass is 35.5. The van der Waals surface area contributed by atoms with E-state index in [9.17, 15) is 32.8 Å². The molecule has 648 valence electrons. The molecule has 4 saturated heterocycles. The number of aromatic nitrogens is 14. The van der Waals surface area contributed by atoms with Crippen LogP contribution in [0.5, 0.6) is 11.5 Å². The summed E-state index contributed by atoms with van der Waals surface area (Å²) >= 11 is 11.8. The monoisotopic (exact) mass is 1740 g/mol. The lowest BCUT2D eigenvalue weighted by molar-refractivity contribution is 0.355. The molecule has 4 fully saturated rings. The summed E-state index contributed by atoms with van der Waals surface area (Å²) in [6, 6.07) is 41.5. The van der Waals surface area contributed by atoms with Crippen molar-refractivity contribution in [3.63, 3.8) is 0 Å². The SMILES string of the molecule is COc1ccc(-c2cc(=O)n3cc(C4=CCN(C)CC4)ccc3n2)cc1OC.C[C@H]1CN(c2ccc3nc(-c4cc(F)cc(Cl)c4)cc(=O)n3c2)CCN1.C[C@H]1CN(c2ccc3nc(-c4cnn(C)c4)cc(=O)n3c2)CCN1.Cn1cc(-c2cc(=O)n3cc(N4CCNCC4)ccc3n2)cn1.O=c1cc(-c2cc(F)cc(Cl)c2)nc2ccc(N3CCNCC3)cn12. The van der Waals surface area contributed by atoms with Crippen LogP contribution in [0.15, 0.2) is 231 Å². The van der Waals surface area contributed by atoms with Crippen LogP contribution in [-0.2, 0) is 14.1 Å². The number of aryl methyl sites for hydroxylation is 2. The fourth-order valence-corrected chi connectivity index (χ4v) is 16.3. The van der Waals surface area contributed by atoms with E-state index in [0.717, 1.165) is 156 Å². The zero-order valence-electron chi connectivity index (χ0n) is 70.7. The second-order valence-electron chi connectivity index (χ2n) is 31.5. The second kappa shape index (κ2) is 38.4. The average molecular weight is 1740 g/mol. The van der Waals surface area contributed by atoms with Gasteiger partial charge in [0.25, 0.3) is 27.8 Å². The first kappa shape index (κ1) is 86.2. The van der Waals surface area contributed by atoms with E-state index in [1.807, 2.05) is 130 Å². The van der Waals surface area contributed by atoms with Gasteiger partial charge in [0.05, 0.1) is 77.8 Å². The zero-order valence-corrected chi connectivity index (χ0v) is 72.2. The van der Waals surface area contributed by atoms with Gasteiger partial charge in [0.1, 0.15) is 39.9 Å². The Hall–Kier alpha value is -13.3. The van der Waals surface area contributed by atoms with Crippen molar-refractivity contribution >= 4 is 79.8 Å². The molecule has 5 aliphatic rings. The average Bonchev–Trinajstić information content (AvgIpc) is 1.000. The van der Waals surface area contributed by atoms with Gasteiger partial charge in [0.2, 0.25) is 0 Å². The molecule has 0 saturated carbocycles. The Morgan fingerprint density at radius 3 is 1.09 bits per heavy atom. The fourth-order valence-electron chi connectivity index (χ4n) is 15.9. The Bertz CT molecular complexity index is 6860. The molecule has 15 aromatic rings. The highest BCUT2D eigenvalue weighted by molar-refractivity contribution is 6.31. The molecular formula is C92H95Cl2F2N23O7. The minimum atomic E-state index is -0.460. The van der Waals surface area contributed by atoms with E-state index < -0.39 is 11.6 Å². The zero-order chi connectivity index (χ0) is 87.8. The third-order valence-electron chi connectivity index (χ3n) is 22.4. The number of hydrogen-bond donors (Lipinski definition) is 4. The van der Waals surface area contributed by atoms with Crippen LogP contribution in [0.1, 0.15) is 25.8 Å². The molecule has 126 heavy (non-hydrogen) atoms. The van der Waals surface area contributed by atoms with E-state index in [1.54, 1.807) is 85.7 Å². The van der Waals surface area contributed by atoms with Crippen molar-refractivity contribution in [3.8, 4) is 67.8 Å². The fraction of sp³-hybridized carbons (Fsp3) is 0.283. The number of likely N-dealkylation sites (N-methyl/N-ethyl adjacent to an activating group) is 1. The van der Waals surface area contributed by atoms with Gasteiger partial charge >= 0.3 is 0 Å². The number of fused-ring (bicyclic) bond motifs is 5. The Labute approximate surface area is 732 Å². The standard InChI is InChI=1S/C22H23N3O3.C19H18ClFN4O.C18H16ClFN4O.C17H20N6O.C16H18N6O/c1-24-10-8-15(9-11-24)17-5-7-21-23-18(13-22(26)25(21)14-17)16-4-6-19(27-2)20(12-16)28-3;1-12-10-24(5-4-22-12)16-2-3-18-23-17(9-19(26)25(18)11-16)13-6-14(20)8-15(21)7-13;19-13-7-12(8-14(20)9-13)16-10-18(25)24-11-15(1-2-17(24)22-16)23-5-3-21-4-6-23;1-12-9-22(6-5-18-12)14-3-4-16-20-15(7-17(24)23(16)11-14)13-8-19-21(2)10-13;1-20-10-12(9-18-20)14-8-16(23)22-11-13(2-3-15(22)19-14)21-6-4-17-5-7-21/h4-8,12-14H,9-11H2,1-3H3;2-3,6-9,11-12,22H,4-5,10H2,1H3;1-2,7-11,21H,3-6H2;3-4,7-8,10-12,18H,5-6,9H2,1-2H3;2-3,8-11,17H,4-7H2,1H3/t;12-;;12-;/m.0.0./s1. The van der Waals surface area contributed by atoms with Gasteiger partial charge in [-0.1, -0.05) is 29.3 Å². The Kier molecular flexibility index (Phi) is 26.3. The number of nitrogens with zero attached hydrogens (tertiary/aromatic N) is 19. The number of methoxy groups -OCH3 is 2. The molecule has 0 aliphatic carbocycles. The van der Waals surface area contributed by atoms with Gasteiger partial charge in [-0.3, -0.25) is 55.3 Å². The molecule has 20 rings (SSSR count). The lowest BCUT2D eigenvalue weighted by Crippen LogP contribution is -2.49. The summed E-state index contributed by atoms with van der Waals surface area (Å²) in [5, 5.41) is 22.3. The lowest BCUT2D eigenvalue weighted by atomic mass is 10.0. The molecule has 5 aliphatic heterocycles. The number of halogens is 4. The topological polar surface area (TPSA) is 290 Å². The third kappa shape index (κ3) is 20.2. The number of rotatable bonds is 12. The van der Waals surface area contributed by atoms with Gasteiger partial charge in [0, 0.05) is 242 Å². The molecule has 3 aromatic carbocycles. The Balaban J connectivity index is 0.000000116. The van der Waals surface area contributed by atoms with Crippen LogP contribution in [0.2, 0.25) is 10.0 Å². The van der Waals surface area contributed by atoms with E-state index in [2.05, 4.69) is 108 Å². The van der Waals surface area contributed by atoms with Crippen molar-refractivity contribution in [3.05, 3.63) is 286 Å². The first-order chi connectivity index (χ1) is 61.0. The van der Waals surface area contributed by atoms with Crippen LogP contribution >= 0.6 is 23.2 Å². The maximum absolute atomic E-state index is 13.6. The minimum absolute atomic E-state index is 0.0779. The van der Waals surface area contributed by atoms with E-state index in [1.165, 1.54) is 50.8 Å². The highest BCUT2D eigenvalue weighted by Crippen LogP contribution is 2.33. The first-order valence-corrected chi connectivity index (χ1v) is 42.3. The predicted octanol–water partition coefficient (Wildman–Crippen LogP) is 10.0. The number of anilines is 4. The lowest BCUT2D eigenvalue weighted by Gasteiger charge is -2.33. The summed E-state index contributed by atoms with van der Waals surface area (Å²) in [4.78, 5) is 97.1. The van der Waals surface area contributed by atoms with Crippen LogP contribution < -0.4 is 78.1 Å². The Morgan fingerprint density at radius 2 is 0.730 bits per heavy atom. The number of benzene rings is 3. The third-order valence-corrected chi connectivity index (χ3v) is 22.9. The van der Waals surface area contributed by atoms with E-state index in [-0.39, 0.29) is 37.8 Å². The van der Waals surface area contributed by atoms with Gasteiger partial charge in [0.15, 0.2) is 11.5 Å². The molecular weight excluding hydrogens is 1650 g/mol. The number of nitrogens with one attached hydrogen (secondary N) is 4. The van der Waals surface area contributed by atoms with Crippen molar-refractivity contribution in [2.45, 2.75) is 32.4 Å². The number of ether oxygens (including phenoxy) is 2. The van der Waals surface area contributed by atoms with Crippen molar-refractivity contribution in [2.24, 2.45) is 14.1 Å². The van der Waals surface area contributed by atoms with E-state index in [4.69, 9.17) is 32.7 Å². The molecule has 0 radical (unpaired) electrons. The molecule has 0 bridgehead atoms. The van der Waals surface area contributed by atoms with Crippen LogP contribution in [-0.4, -0.2) is 209 Å². The van der Waals surface area contributed by atoms with Crippen LogP contribution in [0, 0.1) is 11.6 Å². The van der Waals surface area contributed by atoms with Crippen LogP contribution in [0.3, 0.4) is 0 Å². The van der Waals surface area contributed by atoms with Crippen molar-refractivity contribution < 1.29 is 18.3 Å². The molecule has 0 unspecified atom stereocenters. The quantitative estimate of drug-likeness (QED) is 0.0884. The van der Waals surface area contributed by atoms with Crippen molar-refractivity contribution in [1.29, 1.82) is 0 Å². The van der Waals surface area contributed by atoms with Gasteiger partial charge in [-0.15, -0.1) is 0 Å². The summed E-state index contributed by atoms with van der Waals surface area (Å²) in [6.07, 6.45) is 19.6. The van der Waals surface area contributed by atoms with Crippen molar-refractivity contribution in [1.82, 2.24) is 92.7 Å². The van der Waals surface area contributed by atoms with Gasteiger partial charge in [-0.25, -0.2) is 33.7 Å².